The summed E-state index contributed by atoms with van der Waals surface area (Å²) in [7, 11) is 1.98. The second-order valence-electron chi connectivity index (χ2n) is 18.3. The Kier molecular flexibility index (Phi) is 40.0. The maximum atomic E-state index is 12.9. The van der Waals surface area contributed by atoms with Gasteiger partial charge in [0.05, 0.1) is 11.4 Å². The summed E-state index contributed by atoms with van der Waals surface area (Å²) < 4.78 is 11.9. The van der Waals surface area contributed by atoms with Crippen molar-refractivity contribution in [3.8, 4) is 0 Å². The highest BCUT2D eigenvalue weighted by Gasteiger charge is 2.15. The maximum absolute atomic E-state index is 12.9. The number of ether oxygens (including phenoxy) is 2. The van der Waals surface area contributed by atoms with Crippen LogP contribution in [0.4, 0.5) is 11.4 Å². The molecule has 0 aliphatic carbocycles. The Morgan fingerprint density at radius 2 is 0.852 bits per heavy atom. The van der Waals surface area contributed by atoms with Crippen molar-refractivity contribution >= 4 is 23.3 Å². The fourth-order valence-electron chi connectivity index (χ4n) is 8.54. The Balaban J connectivity index is 2.41. The van der Waals surface area contributed by atoms with E-state index in [2.05, 4.69) is 67.5 Å². The van der Waals surface area contributed by atoms with E-state index in [0.717, 1.165) is 89.7 Å². The van der Waals surface area contributed by atoms with Gasteiger partial charge in [0.2, 0.25) is 0 Å². The van der Waals surface area contributed by atoms with Gasteiger partial charge in [0.1, 0.15) is 12.2 Å². The highest BCUT2D eigenvalue weighted by atomic mass is 16.5. The number of nitrogens with zero attached hydrogens (tertiary/aromatic N) is 1. The molecular formula is C54H101N3O4. The Morgan fingerprint density at radius 3 is 1.31 bits per heavy atom. The predicted molar refractivity (Wildman–Crippen MR) is 265 cm³/mol. The second-order valence-corrected chi connectivity index (χ2v) is 18.3. The zero-order valence-corrected chi connectivity index (χ0v) is 41.1. The van der Waals surface area contributed by atoms with Gasteiger partial charge in [-0.2, -0.15) is 0 Å². The molecule has 7 heteroatoms. The van der Waals surface area contributed by atoms with E-state index in [1.165, 1.54) is 160 Å². The first kappa shape index (κ1) is 56.7. The van der Waals surface area contributed by atoms with Gasteiger partial charge >= 0.3 is 11.9 Å². The molecule has 0 radical (unpaired) electrons. The summed E-state index contributed by atoms with van der Waals surface area (Å²) in [6.45, 7) is 13.3. The highest BCUT2D eigenvalue weighted by molar-refractivity contribution is 5.70. The fraction of sp³-hybridized carbons (Fsp3) is 0.852. The normalized spacial score (nSPS) is 12.0. The number of hydrogen-bond acceptors (Lipinski definition) is 7. The third kappa shape index (κ3) is 34.8. The van der Waals surface area contributed by atoms with Gasteiger partial charge in [0.15, 0.2) is 0 Å². The summed E-state index contributed by atoms with van der Waals surface area (Å²) in [6, 6.07) is 8.42. The first-order chi connectivity index (χ1) is 30.0. The van der Waals surface area contributed by atoms with E-state index in [1.807, 2.05) is 7.05 Å². The van der Waals surface area contributed by atoms with E-state index < -0.39 is 0 Å². The number of hydrogen-bond donors (Lipinski definition) is 2. The summed E-state index contributed by atoms with van der Waals surface area (Å²) in [5.41, 5.74) is 2.30. The number of esters is 2. The molecule has 0 bridgehead atoms. The second kappa shape index (κ2) is 43.0. The van der Waals surface area contributed by atoms with Crippen molar-refractivity contribution < 1.29 is 19.1 Å². The Hall–Kier alpha value is -2.28. The largest absolute Gasteiger partial charge is 0.462 e. The van der Waals surface area contributed by atoms with E-state index in [-0.39, 0.29) is 24.1 Å². The molecule has 1 rings (SSSR count). The van der Waals surface area contributed by atoms with Crippen LogP contribution in [0.25, 0.3) is 0 Å². The van der Waals surface area contributed by atoms with E-state index in [0.29, 0.717) is 12.8 Å². The highest BCUT2D eigenvalue weighted by Crippen LogP contribution is 2.21. The van der Waals surface area contributed by atoms with Crippen molar-refractivity contribution in [1.82, 2.24) is 4.90 Å². The summed E-state index contributed by atoms with van der Waals surface area (Å²) in [6.07, 6.45) is 40.9. The monoisotopic (exact) mass is 856 g/mol. The topological polar surface area (TPSA) is 79.9 Å². The van der Waals surface area contributed by atoms with Gasteiger partial charge in [-0.15, -0.1) is 0 Å². The molecular weight excluding hydrogens is 755 g/mol. The third-order valence-electron chi connectivity index (χ3n) is 12.6. The number of carbonyl (C=O) groups is 2. The van der Waals surface area contributed by atoms with Gasteiger partial charge in [0.25, 0.3) is 0 Å². The molecule has 0 aliphatic heterocycles. The molecule has 1 atom stereocenters. The van der Waals surface area contributed by atoms with Crippen LogP contribution < -0.4 is 10.6 Å². The van der Waals surface area contributed by atoms with Crippen LogP contribution in [0.2, 0.25) is 0 Å². The smallest absolute Gasteiger partial charge is 0.306 e. The predicted octanol–water partition coefficient (Wildman–Crippen LogP) is 16.0. The van der Waals surface area contributed by atoms with Crippen molar-refractivity contribution in [2.24, 2.45) is 0 Å². The lowest BCUT2D eigenvalue weighted by Gasteiger charge is -2.23. The average Bonchev–Trinajstić information content (AvgIpc) is 3.27. The zero-order valence-electron chi connectivity index (χ0n) is 41.1. The number of para-hydroxylation sites is 2. The molecule has 0 saturated heterocycles. The molecule has 0 aliphatic rings. The summed E-state index contributed by atoms with van der Waals surface area (Å²) >= 11 is 0. The molecule has 7 nitrogen and oxygen atoms in total. The van der Waals surface area contributed by atoms with Gasteiger partial charge in [-0.3, -0.25) is 9.59 Å². The number of benzene rings is 1. The molecule has 356 valence electrons. The molecule has 0 heterocycles. The minimum atomic E-state index is 0.00105. The Morgan fingerprint density at radius 1 is 0.475 bits per heavy atom. The van der Waals surface area contributed by atoms with Gasteiger partial charge in [-0.25, -0.2) is 0 Å². The van der Waals surface area contributed by atoms with Gasteiger partial charge < -0.3 is 25.0 Å². The Labute approximate surface area is 378 Å². The minimum absolute atomic E-state index is 0.00105. The Bertz CT molecular complexity index is 1100. The molecule has 0 spiro atoms. The summed E-state index contributed by atoms with van der Waals surface area (Å²) in [5, 5.41) is 6.93. The number of nitrogens with one attached hydrogen (secondary N) is 2. The van der Waals surface area contributed by atoms with Gasteiger partial charge in [-0.05, 0) is 109 Å². The van der Waals surface area contributed by atoms with Crippen molar-refractivity contribution in [2.45, 2.75) is 265 Å². The van der Waals surface area contributed by atoms with Gasteiger partial charge in [0, 0.05) is 26.4 Å². The zero-order chi connectivity index (χ0) is 44.3. The van der Waals surface area contributed by atoms with Crippen LogP contribution in [0.15, 0.2) is 24.3 Å². The van der Waals surface area contributed by atoms with Crippen molar-refractivity contribution in [3.05, 3.63) is 24.3 Å². The first-order valence-electron chi connectivity index (χ1n) is 26.6. The maximum Gasteiger partial charge on any atom is 0.306 e. The number of unbranched alkanes of at least 4 members (excludes halogenated alkanes) is 23. The standard InChI is InChI=1S/C54H101N3O4/c1-6-10-13-16-21-28-38-49(9-4)60-53(58)43-31-24-19-26-35-46-57(48-37-45-56-52-42-34-33-41-51(52)55-5)47-36-27-20-25-32-44-54(59)61-50(39-29-22-17-14-11-7-2)40-30-23-18-15-12-8-3/h33-34,41-42,49-50,55-56H,6-32,35-40,43-48H2,1-5H3. The molecule has 0 aromatic heterocycles. The third-order valence-corrected chi connectivity index (χ3v) is 12.6. The molecule has 0 saturated carbocycles. The van der Waals surface area contributed by atoms with Crippen LogP contribution in [-0.4, -0.2) is 62.3 Å². The lowest BCUT2D eigenvalue weighted by atomic mass is 10.0. The van der Waals surface area contributed by atoms with E-state index in [4.69, 9.17) is 9.47 Å². The van der Waals surface area contributed by atoms with Crippen LogP contribution in [0, 0.1) is 0 Å². The van der Waals surface area contributed by atoms with Crippen LogP contribution in [0.5, 0.6) is 0 Å². The van der Waals surface area contributed by atoms with Gasteiger partial charge in [-0.1, -0.05) is 175 Å². The summed E-state index contributed by atoms with van der Waals surface area (Å²) in [4.78, 5) is 28.1. The molecule has 0 fully saturated rings. The van der Waals surface area contributed by atoms with Crippen molar-refractivity contribution in [1.29, 1.82) is 0 Å². The number of carbonyl (C=O) groups excluding carboxylic acids is 2. The lowest BCUT2D eigenvalue weighted by molar-refractivity contribution is -0.150. The lowest BCUT2D eigenvalue weighted by Crippen LogP contribution is -2.28. The number of anilines is 2. The quantitative estimate of drug-likeness (QED) is 0.0499. The van der Waals surface area contributed by atoms with Crippen LogP contribution in [-0.2, 0) is 19.1 Å². The molecule has 1 aromatic rings. The molecule has 1 unspecified atom stereocenters. The number of rotatable bonds is 46. The van der Waals surface area contributed by atoms with E-state index >= 15 is 0 Å². The van der Waals surface area contributed by atoms with Crippen LogP contribution >= 0.6 is 0 Å². The average molecular weight is 856 g/mol. The molecule has 61 heavy (non-hydrogen) atoms. The molecule has 0 amide bonds. The van der Waals surface area contributed by atoms with Crippen molar-refractivity contribution in [2.75, 3.05) is 43.9 Å². The summed E-state index contributed by atoms with van der Waals surface area (Å²) in [5.74, 6) is 0.0316. The van der Waals surface area contributed by atoms with Crippen LogP contribution in [0.1, 0.15) is 252 Å². The first-order valence-corrected chi connectivity index (χ1v) is 26.6. The fourth-order valence-corrected chi connectivity index (χ4v) is 8.54. The van der Waals surface area contributed by atoms with Crippen LogP contribution in [0.3, 0.4) is 0 Å². The molecule has 2 N–H and O–H groups in total. The molecule has 1 aromatic carbocycles. The van der Waals surface area contributed by atoms with E-state index in [1.54, 1.807) is 0 Å². The minimum Gasteiger partial charge on any atom is -0.462 e. The van der Waals surface area contributed by atoms with E-state index in [9.17, 15) is 9.59 Å². The SMILES string of the molecule is CCCCCCCCC(CC)OC(=O)CCCCCCCN(CCCCCCCC(=O)OC(CCCCCCCC)CCCCCCCC)CCCNc1ccccc1NC. The van der Waals surface area contributed by atoms with Crippen molar-refractivity contribution in [3.63, 3.8) is 0 Å².